The fourth-order valence-corrected chi connectivity index (χ4v) is 5.71. The van der Waals surface area contributed by atoms with E-state index in [2.05, 4.69) is 65.6 Å². The molecule has 2 fully saturated rings. The number of aliphatic hydroxyl groups excluding tert-OH is 1. The standard InChI is InChI=1S/C30H40N2O3/c31-29(34)14-8-2-1-7-13-26-28(21-27(33)30(26)32-19-9-4-10-20-32)35-22-23-15-17-25(18-16-23)24-11-5-3-6-12-24/h1-3,5-6,11-12,15-18,26-28,30,33H,4,7-10,13-14,19-22H2,(H2,31,34)/b2-1+. The molecule has 1 aliphatic carbocycles. The van der Waals surface area contributed by atoms with Crippen LogP contribution in [0.4, 0.5) is 0 Å². The number of likely N-dealkylation sites (tertiary alicyclic amines) is 1. The van der Waals surface area contributed by atoms with E-state index in [9.17, 15) is 9.90 Å². The summed E-state index contributed by atoms with van der Waals surface area (Å²) in [7, 11) is 0. The Morgan fingerprint density at radius 2 is 1.66 bits per heavy atom. The van der Waals surface area contributed by atoms with Crippen LogP contribution in [-0.4, -0.2) is 47.3 Å². The van der Waals surface area contributed by atoms with Crippen LogP contribution in [-0.2, 0) is 16.1 Å². The van der Waals surface area contributed by atoms with Crippen LogP contribution in [0.5, 0.6) is 0 Å². The van der Waals surface area contributed by atoms with Gasteiger partial charge < -0.3 is 15.6 Å². The number of allylic oxidation sites excluding steroid dienone is 2. The minimum Gasteiger partial charge on any atom is -0.391 e. The lowest BCUT2D eigenvalue weighted by Crippen LogP contribution is -2.47. The molecule has 1 saturated heterocycles. The van der Waals surface area contributed by atoms with E-state index in [0.29, 0.717) is 31.8 Å². The first-order valence-corrected chi connectivity index (χ1v) is 13.2. The van der Waals surface area contributed by atoms with Crippen LogP contribution >= 0.6 is 0 Å². The number of rotatable bonds is 11. The third-order valence-electron chi connectivity index (χ3n) is 7.51. The molecule has 2 aliphatic rings. The number of primary amides is 1. The van der Waals surface area contributed by atoms with Crippen molar-refractivity contribution in [1.82, 2.24) is 4.90 Å². The van der Waals surface area contributed by atoms with Crippen molar-refractivity contribution in [1.29, 1.82) is 0 Å². The molecule has 0 bridgehead atoms. The number of nitrogens with zero attached hydrogens (tertiary/aromatic N) is 1. The highest BCUT2D eigenvalue weighted by atomic mass is 16.5. The van der Waals surface area contributed by atoms with E-state index in [4.69, 9.17) is 10.5 Å². The van der Waals surface area contributed by atoms with Crippen LogP contribution in [0.2, 0.25) is 0 Å². The molecule has 4 rings (SSSR count). The van der Waals surface area contributed by atoms with E-state index in [1.165, 1.54) is 30.4 Å². The summed E-state index contributed by atoms with van der Waals surface area (Å²) in [5.41, 5.74) is 8.82. The van der Waals surface area contributed by atoms with Crippen molar-refractivity contribution >= 4 is 5.91 Å². The van der Waals surface area contributed by atoms with Gasteiger partial charge in [-0.15, -0.1) is 0 Å². The highest BCUT2D eigenvalue weighted by molar-refractivity contribution is 5.73. The van der Waals surface area contributed by atoms with E-state index in [-0.39, 0.29) is 24.2 Å². The fraction of sp³-hybridized carbons (Fsp3) is 0.500. The first-order valence-electron chi connectivity index (χ1n) is 13.2. The summed E-state index contributed by atoms with van der Waals surface area (Å²) in [5.74, 6) is 0.0384. The molecule has 188 valence electrons. The molecule has 4 unspecified atom stereocenters. The Morgan fingerprint density at radius 1 is 0.971 bits per heavy atom. The van der Waals surface area contributed by atoms with E-state index < -0.39 is 0 Å². The smallest absolute Gasteiger partial charge is 0.217 e. The van der Waals surface area contributed by atoms with Crippen molar-refractivity contribution in [2.45, 2.75) is 76.2 Å². The van der Waals surface area contributed by atoms with Crippen molar-refractivity contribution in [3.8, 4) is 11.1 Å². The van der Waals surface area contributed by atoms with E-state index >= 15 is 0 Å². The molecule has 2 aromatic carbocycles. The summed E-state index contributed by atoms with van der Waals surface area (Å²) in [6.45, 7) is 2.70. The van der Waals surface area contributed by atoms with E-state index in [1.54, 1.807) is 0 Å². The second kappa shape index (κ2) is 13.0. The molecule has 5 heteroatoms. The number of amides is 1. The third kappa shape index (κ3) is 7.26. The maximum absolute atomic E-state index is 11.1. The molecular formula is C30H40N2O3. The molecule has 5 nitrogen and oxygen atoms in total. The molecule has 2 aromatic rings. The topological polar surface area (TPSA) is 75.8 Å². The number of ether oxygens (including phenoxy) is 1. The third-order valence-corrected chi connectivity index (χ3v) is 7.51. The van der Waals surface area contributed by atoms with Crippen LogP contribution < -0.4 is 5.73 Å². The molecule has 1 amide bonds. The van der Waals surface area contributed by atoms with Crippen LogP contribution in [0, 0.1) is 5.92 Å². The fourth-order valence-electron chi connectivity index (χ4n) is 5.71. The Bertz CT molecular complexity index is 938. The quantitative estimate of drug-likeness (QED) is 0.444. The lowest BCUT2D eigenvalue weighted by Gasteiger charge is -2.38. The SMILES string of the molecule is NC(=O)CC/C=C/CCC1C(OCc2ccc(-c3ccccc3)cc2)CC(O)C1N1CCCCC1. The summed E-state index contributed by atoms with van der Waals surface area (Å²) in [6, 6.07) is 19.2. The van der Waals surface area contributed by atoms with Crippen molar-refractivity contribution in [2.24, 2.45) is 11.7 Å². The summed E-state index contributed by atoms with van der Waals surface area (Å²) in [5, 5.41) is 11.1. The van der Waals surface area contributed by atoms with Crippen LogP contribution in [0.3, 0.4) is 0 Å². The van der Waals surface area contributed by atoms with E-state index in [0.717, 1.165) is 31.5 Å². The number of nitrogens with two attached hydrogens (primary N) is 1. The Balaban J connectivity index is 1.37. The lowest BCUT2D eigenvalue weighted by atomic mass is 9.92. The number of hydrogen-bond acceptors (Lipinski definition) is 4. The Morgan fingerprint density at radius 3 is 2.37 bits per heavy atom. The van der Waals surface area contributed by atoms with Gasteiger partial charge in [0, 0.05) is 24.8 Å². The van der Waals surface area contributed by atoms with E-state index in [1.807, 2.05) is 6.07 Å². The average molecular weight is 477 g/mol. The molecular weight excluding hydrogens is 436 g/mol. The van der Waals surface area contributed by atoms with Gasteiger partial charge in [-0.05, 0) is 61.9 Å². The van der Waals surface area contributed by atoms with Gasteiger partial charge in [0.1, 0.15) is 0 Å². The summed E-state index contributed by atoms with van der Waals surface area (Å²) < 4.78 is 6.48. The van der Waals surface area contributed by atoms with Gasteiger partial charge in [-0.1, -0.05) is 73.2 Å². The van der Waals surface area contributed by atoms with Crippen molar-refractivity contribution in [2.75, 3.05) is 13.1 Å². The zero-order chi connectivity index (χ0) is 24.5. The molecule has 0 spiro atoms. The number of piperidine rings is 1. The lowest BCUT2D eigenvalue weighted by molar-refractivity contribution is -0.117. The van der Waals surface area contributed by atoms with Gasteiger partial charge in [-0.3, -0.25) is 9.69 Å². The second-order valence-corrected chi connectivity index (χ2v) is 10.0. The molecule has 1 heterocycles. The predicted octanol–water partition coefficient (Wildman–Crippen LogP) is 5.08. The molecule has 0 aromatic heterocycles. The maximum Gasteiger partial charge on any atom is 0.217 e. The van der Waals surface area contributed by atoms with Gasteiger partial charge in [0.25, 0.3) is 0 Å². The molecule has 3 N–H and O–H groups in total. The number of aliphatic hydroxyl groups is 1. The monoisotopic (exact) mass is 476 g/mol. The Labute approximate surface area is 210 Å². The van der Waals surface area contributed by atoms with Crippen molar-refractivity contribution < 1.29 is 14.6 Å². The minimum absolute atomic E-state index is 0.0461. The highest BCUT2D eigenvalue weighted by Crippen LogP contribution is 2.38. The molecule has 1 aliphatic heterocycles. The van der Waals surface area contributed by atoms with Crippen LogP contribution in [0.25, 0.3) is 11.1 Å². The minimum atomic E-state index is -0.345. The zero-order valence-corrected chi connectivity index (χ0v) is 20.7. The molecule has 1 saturated carbocycles. The number of carbonyl (C=O) groups is 1. The Hall–Kier alpha value is -2.47. The molecule has 4 atom stereocenters. The van der Waals surface area contributed by atoms with Crippen molar-refractivity contribution in [3.05, 3.63) is 72.3 Å². The number of carbonyl (C=O) groups excluding carboxylic acids is 1. The summed E-state index contributed by atoms with van der Waals surface area (Å²) in [4.78, 5) is 13.5. The van der Waals surface area contributed by atoms with Gasteiger partial charge in [0.2, 0.25) is 5.91 Å². The summed E-state index contributed by atoms with van der Waals surface area (Å²) >= 11 is 0. The zero-order valence-electron chi connectivity index (χ0n) is 20.7. The Kier molecular flexibility index (Phi) is 9.52. The first kappa shape index (κ1) is 25.6. The highest BCUT2D eigenvalue weighted by Gasteiger charge is 2.45. The van der Waals surface area contributed by atoms with Gasteiger partial charge in [-0.2, -0.15) is 0 Å². The van der Waals surface area contributed by atoms with Gasteiger partial charge in [0.05, 0.1) is 18.8 Å². The summed E-state index contributed by atoms with van der Waals surface area (Å²) in [6.07, 6.45) is 11.3. The maximum atomic E-state index is 11.1. The number of benzene rings is 2. The van der Waals surface area contributed by atoms with Gasteiger partial charge in [0.15, 0.2) is 0 Å². The van der Waals surface area contributed by atoms with Gasteiger partial charge in [-0.25, -0.2) is 0 Å². The second-order valence-electron chi connectivity index (χ2n) is 10.0. The predicted molar refractivity (Wildman–Crippen MR) is 141 cm³/mol. The van der Waals surface area contributed by atoms with Crippen LogP contribution in [0.15, 0.2) is 66.7 Å². The van der Waals surface area contributed by atoms with Crippen LogP contribution in [0.1, 0.15) is 56.9 Å². The average Bonchev–Trinajstić information content (AvgIpc) is 3.20. The molecule has 35 heavy (non-hydrogen) atoms. The largest absolute Gasteiger partial charge is 0.391 e. The van der Waals surface area contributed by atoms with Gasteiger partial charge >= 0.3 is 0 Å². The van der Waals surface area contributed by atoms with Crippen molar-refractivity contribution in [3.63, 3.8) is 0 Å². The first-order chi connectivity index (χ1) is 17.1. The number of hydrogen-bond donors (Lipinski definition) is 2. The molecule has 0 radical (unpaired) electrons. The normalized spacial score (nSPS) is 25.3.